The summed E-state index contributed by atoms with van der Waals surface area (Å²) in [4.78, 5) is 18.5. The number of aliphatic imine (C=N–C) groups is 1. The Labute approximate surface area is 168 Å². The maximum absolute atomic E-state index is 11.8. The van der Waals surface area contributed by atoms with E-state index in [-0.39, 0.29) is 17.3 Å². The van der Waals surface area contributed by atoms with Crippen molar-refractivity contribution in [1.29, 1.82) is 0 Å². The van der Waals surface area contributed by atoms with E-state index in [9.17, 15) is 4.79 Å². The number of carbonyl (C=O) groups is 1. The lowest BCUT2D eigenvalue weighted by Gasteiger charge is -2.36. The molecule has 0 amide bonds. The van der Waals surface area contributed by atoms with Crippen molar-refractivity contribution in [2.75, 3.05) is 40.9 Å². The van der Waals surface area contributed by atoms with Gasteiger partial charge in [0.1, 0.15) is 5.75 Å². The minimum Gasteiger partial charge on any atom is -0.497 e. The molecule has 1 N–H and O–H groups in total. The molecule has 0 unspecified atom stereocenters. The third-order valence-electron chi connectivity index (χ3n) is 6.37. The smallest absolute Gasteiger partial charge is 0.308 e. The second kappa shape index (κ2) is 9.30. The average Bonchev–Trinajstić information content (AvgIpc) is 3.24. The molecule has 1 saturated carbocycles. The molecule has 2 fully saturated rings. The zero-order chi connectivity index (χ0) is 20.0. The van der Waals surface area contributed by atoms with Crippen LogP contribution in [0.15, 0.2) is 29.3 Å². The number of likely N-dealkylation sites (tertiary alicyclic amines) is 1. The van der Waals surface area contributed by atoms with Crippen molar-refractivity contribution in [3.05, 3.63) is 29.8 Å². The fraction of sp³-hybridized carbons (Fsp3) is 0.636. The molecule has 0 aromatic heterocycles. The zero-order valence-electron chi connectivity index (χ0n) is 17.4. The van der Waals surface area contributed by atoms with Gasteiger partial charge in [0.2, 0.25) is 0 Å². The Morgan fingerprint density at radius 3 is 2.57 bits per heavy atom. The van der Waals surface area contributed by atoms with E-state index < -0.39 is 0 Å². The maximum atomic E-state index is 11.8. The molecule has 6 nitrogen and oxygen atoms in total. The summed E-state index contributed by atoms with van der Waals surface area (Å²) in [6, 6.07) is 8.49. The van der Waals surface area contributed by atoms with Crippen LogP contribution < -0.4 is 10.1 Å². The van der Waals surface area contributed by atoms with Crippen molar-refractivity contribution in [1.82, 2.24) is 10.2 Å². The molecule has 0 bridgehead atoms. The Morgan fingerprint density at radius 2 is 1.96 bits per heavy atom. The van der Waals surface area contributed by atoms with Crippen LogP contribution in [0.4, 0.5) is 0 Å². The Hall–Kier alpha value is -2.24. The van der Waals surface area contributed by atoms with Gasteiger partial charge in [0.05, 0.1) is 20.1 Å². The molecule has 1 aromatic carbocycles. The van der Waals surface area contributed by atoms with Crippen LogP contribution in [0.5, 0.6) is 5.75 Å². The van der Waals surface area contributed by atoms with Gasteiger partial charge in [-0.2, -0.15) is 0 Å². The summed E-state index contributed by atoms with van der Waals surface area (Å²) in [5.41, 5.74) is 1.46. The topological polar surface area (TPSA) is 63.2 Å². The predicted octanol–water partition coefficient (Wildman–Crippen LogP) is 2.97. The SMILES string of the molecule is CN=C(NCC1(c2cccc(OC)c2)CCCC1)N1CCC(C(=O)OC)CC1. The summed E-state index contributed by atoms with van der Waals surface area (Å²) in [7, 11) is 5.02. The number of benzene rings is 1. The van der Waals surface area contributed by atoms with Gasteiger partial charge in [-0.15, -0.1) is 0 Å². The Morgan fingerprint density at radius 1 is 1.25 bits per heavy atom. The molecule has 3 rings (SSSR count). The number of carbonyl (C=O) groups excluding carboxylic acids is 1. The van der Waals surface area contributed by atoms with Gasteiger partial charge in [-0.3, -0.25) is 9.79 Å². The van der Waals surface area contributed by atoms with Gasteiger partial charge in [-0.25, -0.2) is 0 Å². The summed E-state index contributed by atoms with van der Waals surface area (Å²) < 4.78 is 10.3. The minimum atomic E-state index is -0.0921. The second-order valence-corrected chi connectivity index (χ2v) is 7.90. The Balaban J connectivity index is 1.65. The highest BCUT2D eigenvalue weighted by Crippen LogP contribution is 2.41. The molecule has 1 saturated heterocycles. The molecule has 1 aliphatic heterocycles. The van der Waals surface area contributed by atoms with Crippen LogP contribution in [0.2, 0.25) is 0 Å². The summed E-state index contributed by atoms with van der Waals surface area (Å²) in [6.07, 6.45) is 6.48. The number of nitrogens with one attached hydrogen (secondary N) is 1. The van der Waals surface area contributed by atoms with E-state index in [0.29, 0.717) is 0 Å². The molecular formula is C22H33N3O3. The summed E-state index contributed by atoms with van der Waals surface area (Å²) in [5.74, 6) is 1.76. The van der Waals surface area contributed by atoms with Crippen LogP contribution in [-0.4, -0.2) is 57.7 Å². The van der Waals surface area contributed by atoms with E-state index in [1.54, 1.807) is 7.11 Å². The van der Waals surface area contributed by atoms with E-state index in [0.717, 1.165) is 44.2 Å². The molecular weight excluding hydrogens is 354 g/mol. The molecule has 1 aliphatic carbocycles. The molecule has 154 valence electrons. The van der Waals surface area contributed by atoms with Gasteiger partial charge in [-0.05, 0) is 43.4 Å². The first-order valence-electron chi connectivity index (χ1n) is 10.3. The zero-order valence-corrected chi connectivity index (χ0v) is 17.4. The third kappa shape index (κ3) is 4.42. The molecule has 0 radical (unpaired) electrons. The van der Waals surface area contributed by atoms with E-state index in [4.69, 9.17) is 9.47 Å². The van der Waals surface area contributed by atoms with Crippen LogP contribution in [0, 0.1) is 5.92 Å². The molecule has 1 heterocycles. The van der Waals surface area contributed by atoms with Crippen LogP contribution >= 0.6 is 0 Å². The van der Waals surface area contributed by atoms with Gasteiger partial charge in [0.15, 0.2) is 5.96 Å². The van der Waals surface area contributed by atoms with Gasteiger partial charge < -0.3 is 19.7 Å². The number of piperidine rings is 1. The highest BCUT2D eigenvalue weighted by molar-refractivity contribution is 5.80. The molecule has 1 aromatic rings. The molecule has 6 heteroatoms. The van der Waals surface area contributed by atoms with Crippen molar-refractivity contribution in [2.24, 2.45) is 10.9 Å². The average molecular weight is 388 g/mol. The van der Waals surface area contributed by atoms with E-state index in [1.807, 2.05) is 13.1 Å². The minimum absolute atomic E-state index is 0.0114. The van der Waals surface area contributed by atoms with Crippen molar-refractivity contribution in [3.63, 3.8) is 0 Å². The number of methoxy groups -OCH3 is 2. The molecule has 2 aliphatic rings. The lowest BCUT2D eigenvalue weighted by atomic mass is 9.78. The lowest BCUT2D eigenvalue weighted by molar-refractivity contribution is -0.146. The number of nitrogens with zero attached hydrogens (tertiary/aromatic N) is 2. The van der Waals surface area contributed by atoms with Crippen LogP contribution in [0.1, 0.15) is 44.1 Å². The first kappa shape index (κ1) is 20.5. The third-order valence-corrected chi connectivity index (χ3v) is 6.37. The second-order valence-electron chi connectivity index (χ2n) is 7.90. The number of esters is 1. The number of hydrogen-bond donors (Lipinski definition) is 1. The maximum Gasteiger partial charge on any atom is 0.308 e. The van der Waals surface area contributed by atoms with Crippen LogP contribution in [0.3, 0.4) is 0 Å². The van der Waals surface area contributed by atoms with Crippen molar-refractivity contribution in [2.45, 2.75) is 43.9 Å². The normalized spacial score (nSPS) is 20.1. The number of rotatable bonds is 5. The van der Waals surface area contributed by atoms with Gasteiger partial charge in [-0.1, -0.05) is 25.0 Å². The van der Waals surface area contributed by atoms with Gasteiger partial charge >= 0.3 is 5.97 Å². The van der Waals surface area contributed by atoms with Crippen molar-refractivity contribution < 1.29 is 14.3 Å². The fourth-order valence-electron chi connectivity index (χ4n) is 4.65. The quantitative estimate of drug-likeness (QED) is 0.478. The van der Waals surface area contributed by atoms with E-state index >= 15 is 0 Å². The van der Waals surface area contributed by atoms with Crippen LogP contribution in [-0.2, 0) is 14.9 Å². The highest BCUT2D eigenvalue weighted by atomic mass is 16.5. The molecule has 0 atom stereocenters. The Kier molecular flexibility index (Phi) is 6.81. The largest absolute Gasteiger partial charge is 0.497 e. The number of hydrogen-bond acceptors (Lipinski definition) is 4. The molecule has 28 heavy (non-hydrogen) atoms. The summed E-state index contributed by atoms with van der Waals surface area (Å²) in [5, 5.41) is 3.63. The number of ether oxygens (including phenoxy) is 2. The van der Waals surface area contributed by atoms with Crippen LogP contribution in [0.25, 0.3) is 0 Å². The monoisotopic (exact) mass is 387 g/mol. The fourth-order valence-corrected chi connectivity index (χ4v) is 4.65. The van der Waals surface area contributed by atoms with Crippen molar-refractivity contribution in [3.8, 4) is 5.75 Å². The summed E-state index contributed by atoms with van der Waals surface area (Å²) in [6.45, 7) is 2.51. The van der Waals surface area contributed by atoms with Crippen molar-refractivity contribution >= 4 is 11.9 Å². The van der Waals surface area contributed by atoms with E-state index in [2.05, 4.69) is 33.4 Å². The van der Waals surface area contributed by atoms with Gasteiger partial charge in [0, 0.05) is 32.1 Å². The standard InChI is InChI=1S/C22H33N3O3/c1-23-21(25-13-9-17(10-14-25)20(26)28-3)24-16-22(11-4-5-12-22)18-7-6-8-19(15-18)27-2/h6-8,15,17H,4-5,9-14,16H2,1-3H3,(H,23,24). The lowest BCUT2D eigenvalue weighted by Crippen LogP contribution is -2.49. The first-order valence-corrected chi connectivity index (χ1v) is 10.3. The highest BCUT2D eigenvalue weighted by Gasteiger charge is 2.36. The number of guanidine groups is 1. The Bertz CT molecular complexity index is 690. The summed E-state index contributed by atoms with van der Waals surface area (Å²) >= 11 is 0. The molecule has 0 spiro atoms. The van der Waals surface area contributed by atoms with E-state index in [1.165, 1.54) is 38.4 Å². The predicted molar refractivity (Wildman–Crippen MR) is 111 cm³/mol. The van der Waals surface area contributed by atoms with Gasteiger partial charge in [0.25, 0.3) is 0 Å². The first-order chi connectivity index (χ1) is 13.6.